The zero-order valence-corrected chi connectivity index (χ0v) is 22.2. The SMILES string of the molecule is COc1ccc(N2C(=S)N[C@@H](c3ccccn3)[C@H]2c2ccc(-c3cccc(Cl)c3Cl)o2)cc1NC(C)=O. The Hall–Kier alpha value is -3.59. The molecule has 0 unspecified atom stereocenters. The molecule has 0 bridgehead atoms. The van der Waals surface area contributed by atoms with E-state index in [4.69, 9.17) is 44.6 Å². The van der Waals surface area contributed by atoms with Gasteiger partial charge in [-0.25, -0.2) is 0 Å². The number of nitrogens with zero attached hydrogens (tertiary/aromatic N) is 2. The van der Waals surface area contributed by atoms with Crippen LogP contribution in [0, 0.1) is 0 Å². The van der Waals surface area contributed by atoms with Gasteiger partial charge in [0.25, 0.3) is 0 Å². The van der Waals surface area contributed by atoms with E-state index < -0.39 is 6.04 Å². The summed E-state index contributed by atoms with van der Waals surface area (Å²) in [4.78, 5) is 18.3. The fourth-order valence-corrected chi connectivity index (χ4v) is 5.15. The maximum Gasteiger partial charge on any atom is 0.221 e. The number of nitrogens with one attached hydrogen (secondary N) is 2. The highest BCUT2D eigenvalue weighted by atomic mass is 35.5. The number of hydrogen-bond acceptors (Lipinski definition) is 5. The molecule has 4 aromatic rings. The van der Waals surface area contributed by atoms with Crippen molar-refractivity contribution in [1.82, 2.24) is 10.3 Å². The van der Waals surface area contributed by atoms with Crippen LogP contribution in [0.5, 0.6) is 5.75 Å². The lowest BCUT2D eigenvalue weighted by atomic mass is 10.0. The summed E-state index contributed by atoms with van der Waals surface area (Å²) in [7, 11) is 1.55. The van der Waals surface area contributed by atoms with E-state index in [0.717, 1.165) is 11.4 Å². The van der Waals surface area contributed by atoms with Crippen molar-refractivity contribution in [1.29, 1.82) is 0 Å². The molecule has 2 atom stereocenters. The average molecular weight is 553 g/mol. The fourth-order valence-electron chi connectivity index (χ4n) is 4.41. The van der Waals surface area contributed by atoms with E-state index in [0.29, 0.717) is 43.7 Å². The predicted octanol–water partition coefficient (Wildman–Crippen LogP) is 6.79. The smallest absolute Gasteiger partial charge is 0.221 e. The zero-order valence-electron chi connectivity index (χ0n) is 19.9. The van der Waals surface area contributed by atoms with Crippen molar-refractivity contribution in [3.63, 3.8) is 0 Å². The van der Waals surface area contributed by atoms with E-state index in [-0.39, 0.29) is 11.9 Å². The number of aromatic nitrogens is 1. The third kappa shape index (κ3) is 4.87. The molecule has 7 nitrogen and oxygen atoms in total. The summed E-state index contributed by atoms with van der Waals surface area (Å²) < 4.78 is 11.8. The third-order valence-corrected chi connectivity index (χ3v) is 7.14. The number of halogens is 2. The maximum absolute atomic E-state index is 11.8. The molecule has 1 fully saturated rings. The second kappa shape index (κ2) is 10.4. The molecule has 2 aromatic heterocycles. The van der Waals surface area contributed by atoms with Gasteiger partial charge in [-0.2, -0.15) is 0 Å². The number of thiocarbonyl (C=S) groups is 1. The minimum Gasteiger partial charge on any atom is -0.495 e. The van der Waals surface area contributed by atoms with E-state index in [1.807, 2.05) is 59.5 Å². The second-order valence-corrected chi connectivity index (χ2v) is 9.54. The molecule has 2 aromatic carbocycles. The van der Waals surface area contributed by atoms with Crippen LogP contribution in [0.4, 0.5) is 11.4 Å². The number of amides is 1. The van der Waals surface area contributed by atoms with Crippen LogP contribution in [-0.4, -0.2) is 23.1 Å². The number of pyridine rings is 1. The Labute approximate surface area is 229 Å². The Bertz CT molecular complexity index is 1480. The summed E-state index contributed by atoms with van der Waals surface area (Å²) in [6, 6.07) is 19.7. The number of anilines is 2. The van der Waals surface area contributed by atoms with Crippen LogP contribution in [0.2, 0.25) is 10.0 Å². The minimum absolute atomic E-state index is 0.213. The molecule has 188 valence electrons. The van der Waals surface area contributed by atoms with Gasteiger partial charge in [-0.15, -0.1) is 0 Å². The van der Waals surface area contributed by atoms with Gasteiger partial charge in [-0.1, -0.05) is 35.3 Å². The number of methoxy groups -OCH3 is 1. The molecule has 0 radical (unpaired) electrons. The standard InChI is InChI=1S/C27H22Cl2N4O3S/c1-15(34)31-20-14-16(9-10-22(20)35-2)33-26(25(32-27(33)37)19-8-3-4-13-30-19)23-12-11-21(36-23)17-6-5-7-18(28)24(17)29/h3-14,25-26H,1-2H3,(H,31,34)(H,32,37)/t25-,26+/m0/s1. The molecule has 5 rings (SSSR count). The number of hydrogen-bond donors (Lipinski definition) is 2. The van der Waals surface area contributed by atoms with Gasteiger partial charge in [0.2, 0.25) is 5.91 Å². The molecule has 10 heteroatoms. The molecule has 0 saturated carbocycles. The lowest BCUT2D eigenvalue weighted by Crippen LogP contribution is -2.29. The number of rotatable bonds is 6. The van der Waals surface area contributed by atoms with E-state index in [1.54, 1.807) is 25.4 Å². The van der Waals surface area contributed by atoms with Gasteiger partial charge in [-0.05, 0) is 66.8 Å². The Morgan fingerprint density at radius 1 is 1.14 bits per heavy atom. The number of benzene rings is 2. The van der Waals surface area contributed by atoms with E-state index >= 15 is 0 Å². The van der Waals surface area contributed by atoms with Crippen LogP contribution < -0.4 is 20.3 Å². The topological polar surface area (TPSA) is 79.6 Å². The molecule has 1 aliphatic rings. The lowest BCUT2D eigenvalue weighted by Gasteiger charge is -2.27. The van der Waals surface area contributed by atoms with E-state index in [2.05, 4.69) is 15.6 Å². The summed E-state index contributed by atoms with van der Waals surface area (Å²) in [5, 5.41) is 7.56. The Balaban J connectivity index is 1.62. The van der Waals surface area contributed by atoms with Gasteiger partial charge in [0.05, 0.1) is 34.6 Å². The van der Waals surface area contributed by atoms with Crippen molar-refractivity contribution < 1.29 is 13.9 Å². The highest BCUT2D eigenvalue weighted by molar-refractivity contribution is 7.80. The first-order chi connectivity index (χ1) is 17.9. The van der Waals surface area contributed by atoms with Crippen molar-refractivity contribution in [2.45, 2.75) is 19.0 Å². The molecule has 1 amide bonds. The van der Waals surface area contributed by atoms with Crippen LogP contribution in [0.15, 0.2) is 77.3 Å². The number of carbonyl (C=O) groups excluding carboxylic acids is 1. The normalized spacial score (nSPS) is 17.0. The molecule has 1 aliphatic heterocycles. The van der Waals surface area contributed by atoms with Crippen molar-refractivity contribution in [2.75, 3.05) is 17.3 Å². The van der Waals surface area contributed by atoms with Crippen LogP contribution in [0.1, 0.15) is 30.5 Å². The number of carbonyl (C=O) groups is 1. The molecular formula is C27H22Cl2N4O3S. The average Bonchev–Trinajstić information content (AvgIpc) is 3.50. The first kappa shape index (κ1) is 25.1. The molecule has 0 spiro atoms. The fraction of sp³-hybridized carbons (Fsp3) is 0.148. The zero-order chi connectivity index (χ0) is 26.1. The van der Waals surface area contributed by atoms with Gasteiger partial charge in [0.1, 0.15) is 23.3 Å². The van der Waals surface area contributed by atoms with Gasteiger partial charge >= 0.3 is 0 Å². The molecular weight excluding hydrogens is 531 g/mol. The quantitative estimate of drug-likeness (QED) is 0.255. The maximum atomic E-state index is 11.8. The molecule has 1 saturated heterocycles. The largest absolute Gasteiger partial charge is 0.495 e. The highest BCUT2D eigenvalue weighted by Crippen LogP contribution is 2.45. The summed E-state index contributed by atoms with van der Waals surface area (Å²) in [6.07, 6.45) is 1.74. The van der Waals surface area contributed by atoms with Crippen LogP contribution in [0.25, 0.3) is 11.3 Å². The monoisotopic (exact) mass is 552 g/mol. The third-order valence-electron chi connectivity index (χ3n) is 6.01. The van der Waals surface area contributed by atoms with Gasteiger partial charge in [0.15, 0.2) is 5.11 Å². The Morgan fingerprint density at radius 2 is 1.97 bits per heavy atom. The van der Waals surface area contributed by atoms with Crippen molar-refractivity contribution >= 4 is 57.8 Å². The lowest BCUT2D eigenvalue weighted by molar-refractivity contribution is -0.114. The minimum atomic E-state index is -0.396. The van der Waals surface area contributed by atoms with Crippen molar-refractivity contribution in [3.05, 3.63) is 94.4 Å². The summed E-state index contributed by atoms with van der Waals surface area (Å²) in [6.45, 7) is 1.44. The van der Waals surface area contributed by atoms with E-state index in [1.165, 1.54) is 6.92 Å². The van der Waals surface area contributed by atoms with Gasteiger partial charge in [0, 0.05) is 24.4 Å². The van der Waals surface area contributed by atoms with Crippen LogP contribution in [0.3, 0.4) is 0 Å². The summed E-state index contributed by atoms with van der Waals surface area (Å²) in [5.74, 6) is 1.54. The first-order valence-electron chi connectivity index (χ1n) is 11.4. The Kier molecular flexibility index (Phi) is 7.06. The van der Waals surface area contributed by atoms with Gasteiger partial charge < -0.3 is 24.7 Å². The number of furan rings is 1. The van der Waals surface area contributed by atoms with Gasteiger partial charge in [-0.3, -0.25) is 9.78 Å². The van der Waals surface area contributed by atoms with Crippen molar-refractivity contribution in [2.24, 2.45) is 0 Å². The number of ether oxygens (including phenoxy) is 1. The van der Waals surface area contributed by atoms with Crippen LogP contribution >= 0.6 is 35.4 Å². The first-order valence-corrected chi connectivity index (χ1v) is 12.5. The highest BCUT2D eigenvalue weighted by Gasteiger charge is 2.43. The second-order valence-electron chi connectivity index (χ2n) is 8.37. The molecule has 37 heavy (non-hydrogen) atoms. The predicted molar refractivity (Wildman–Crippen MR) is 149 cm³/mol. The Morgan fingerprint density at radius 3 is 2.70 bits per heavy atom. The van der Waals surface area contributed by atoms with Crippen LogP contribution in [-0.2, 0) is 4.79 Å². The van der Waals surface area contributed by atoms with E-state index in [9.17, 15) is 4.79 Å². The summed E-state index contributed by atoms with van der Waals surface area (Å²) in [5.41, 5.74) is 2.75. The summed E-state index contributed by atoms with van der Waals surface area (Å²) >= 11 is 18.5. The molecule has 0 aliphatic carbocycles. The molecule has 3 heterocycles. The van der Waals surface area contributed by atoms with Crippen molar-refractivity contribution in [3.8, 4) is 17.1 Å². The molecule has 2 N–H and O–H groups in total.